The van der Waals surface area contributed by atoms with E-state index in [9.17, 15) is 4.79 Å². The maximum absolute atomic E-state index is 11.2. The van der Waals surface area contributed by atoms with Gasteiger partial charge in [-0.2, -0.15) is 5.48 Å². The molecule has 100 valence electrons. The summed E-state index contributed by atoms with van der Waals surface area (Å²) in [7, 11) is 0. The van der Waals surface area contributed by atoms with E-state index in [0.717, 1.165) is 5.56 Å². The van der Waals surface area contributed by atoms with E-state index >= 15 is 0 Å². The lowest BCUT2D eigenvalue weighted by molar-refractivity contribution is -0.105. The largest absolute Gasteiger partial charge is 0.442 e. The first-order valence-corrected chi connectivity index (χ1v) is 5.70. The van der Waals surface area contributed by atoms with Crippen LogP contribution in [0.4, 0.5) is 4.79 Å². The second kappa shape index (κ2) is 6.98. The number of ether oxygens (including phenoxy) is 2. The number of carbonyl (C=O) groups excluding carboxylic acids is 1. The second-order valence-electron chi connectivity index (χ2n) is 4.70. The highest BCUT2D eigenvalue weighted by atomic mass is 16.8. The molecule has 1 N–H and O–H groups in total. The van der Waals surface area contributed by atoms with Crippen LogP contribution >= 0.6 is 0 Å². The number of hydroxylamine groups is 1. The van der Waals surface area contributed by atoms with Crippen molar-refractivity contribution in [2.45, 2.75) is 33.0 Å². The zero-order chi connectivity index (χ0) is 13.4. The molecule has 1 rings (SSSR count). The molecule has 0 aliphatic heterocycles. The molecule has 0 fully saturated rings. The highest BCUT2D eigenvalue weighted by Crippen LogP contribution is 2.06. The summed E-state index contributed by atoms with van der Waals surface area (Å²) < 4.78 is 10.2. The topological polar surface area (TPSA) is 56.8 Å². The molecule has 0 radical (unpaired) electrons. The minimum Gasteiger partial charge on any atom is -0.442 e. The first-order valence-electron chi connectivity index (χ1n) is 5.70. The van der Waals surface area contributed by atoms with E-state index in [-0.39, 0.29) is 6.79 Å². The molecule has 0 saturated heterocycles. The standard InChI is InChI=1S/C13H19NO4/c1-13(2,3)18-12(15)14-17-10-16-9-11-7-5-4-6-8-11/h4-8H,9-10H2,1-3H3,(H,14,15). The van der Waals surface area contributed by atoms with Crippen LogP contribution < -0.4 is 5.48 Å². The third kappa shape index (κ3) is 6.88. The summed E-state index contributed by atoms with van der Waals surface area (Å²) in [5, 5.41) is 0. The lowest BCUT2D eigenvalue weighted by Crippen LogP contribution is -2.33. The molecule has 0 bridgehead atoms. The van der Waals surface area contributed by atoms with Gasteiger partial charge in [0, 0.05) is 0 Å². The van der Waals surface area contributed by atoms with Crippen LogP contribution in [0.3, 0.4) is 0 Å². The first kappa shape index (κ1) is 14.5. The number of amides is 1. The third-order valence-electron chi connectivity index (χ3n) is 1.81. The van der Waals surface area contributed by atoms with Crippen molar-refractivity contribution in [1.29, 1.82) is 0 Å². The van der Waals surface area contributed by atoms with Crippen LogP contribution in [-0.2, 0) is 20.9 Å². The van der Waals surface area contributed by atoms with Gasteiger partial charge in [0.1, 0.15) is 5.60 Å². The van der Waals surface area contributed by atoms with Gasteiger partial charge in [0.2, 0.25) is 0 Å². The zero-order valence-electron chi connectivity index (χ0n) is 10.9. The van der Waals surface area contributed by atoms with E-state index in [4.69, 9.17) is 14.3 Å². The first-order chi connectivity index (χ1) is 8.47. The molecule has 1 amide bonds. The number of nitrogens with one attached hydrogen (secondary N) is 1. The summed E-state index contributed by atoms with van der Waals surface area (Å²) in [5.74, 6) is 0. The molecule has 5 heteroatoms. The summed E-state index contributed by atoms with van der Waals surface area (Å²) in [5.41, 5.74) is 2.64. The van der Waals surface area contributed by atoms with Crippen molar-refractivity contribution in [2.24, 2.45) is 0 Å². The Morgan fingerprint density at radius 1 is 1.22 bits per heavy atom. The van der Waals surface area contributed by atoms with Crippen LogP contribution in [0.5, 0.6) is 0 Å². The number of rotatable bonds is 5. The molecular weight excluding hydrogens is 234 g/mol. The quantitative estimate of drug-likeness (QED) is 0.498. The Morgan fingerprint density at radius 2 is 1.89 bits per heavy atom. The molecule has 0 aliphatic rings. The molecule has 1 aromatic rings. The Kier molecular flexibility index (Phi) is 5.61. The average molecular weight is 253 g/mol. The lowest BCUT2D eigenvalue weighted by Gasteiger charge is -2.19. The Hall–Kier alpha value is -1.59. The molecule has 0 spiro atoms. The summed E-state index contributed by atoms with van der Waals surface area (Å²) in [6, 6.07) is 9.68. The van der Waals surface area contributed by atoms with Crippen molar-refractivity contribution in [2.75, 3.05) is 6.79 Å². The van der Waals surface area contributed by atoms with Gasteiger partial charge in [-0.25, -0.2) is 9.63 Å². The molecule has 5 nitrogen and oxygen atoms in total. The Morgan fingerprint density at radius 3 is 2.50 bits per heavy atom. The van der Waals surface area contributed by atoms with Crippen LogP contribution in [0.2, 0.25) is 0 Å². The molecule has 0 atom stereocenters. The van der Waals surface area contributed by atoms with Gasteiger partial charge in [0.05, 0.1) is 6.61 Å². The zero-order valence-corrected chi connectivity index (χ0v) is 10.9. The Balaban J connectivity index is 2.07. The van der Waals surface area contributed by atoms with Gasteiger partial charge in [-0.3, -0.25) is 0 Å². The summed E-state index contributed by atoms with van der Waals surface area (Å²) in [6.07, 6.45) is -0.634. The lowest BCUT2D eigenvalue weighted by atomic mass is 10.2. The van der Waals surface area contributed by atoms with Crippen molar-refractivity contribution < 1.29 is 19.1 Å². The van der Waals surface area contributed by atoms with Gasteiger partial charge in [0.25, 0.3) is 0 Å². The van der Waals surface area contributed by atoms with Crippen LogP contribution in [0, 0.1) is 0 Å². The average Bonchev–Trinajstić information content (AvgIpc) is 2.27. The fourth-order valence-corrected chi connectivity index (χ4v) is 1.16. The fraction of sp³-hybridized carbons (Fsp3) is 0.462. The smallest absolute Gasteiger partial charge is 0.431 e. The molecule has 0 unspecified atom stereocenters. The van der Waals surface area contributed by atoms with Crippen LogP contribution in [0.1, 0.15) is 26.3 Å². The number of hydrogen-bond donors (Lipinski definition) is 1. The van der Waals surface area contributed by atoms with Crippen LogP contribution in [0.25, 0.3) is 0 Å². The van der Waals surface area contributed by atoms with E-state index in [1.54, 1.807) is 20.8 Å². The molecule has 0 saturated carbocycles. The normalized spacial score (nSPS) is 11.1. The predicted octanol–water partition coefficient (Wildman–Crippen LogP) is 2.62. The van der Waals surface area contributed by atoms with Gasteiger partial charge in [-0.1, -0.05) is 30.3 Å². The maximum Gasteiger partial charge on any atom is 0.431 e. The fourth-order valence-electron chi connectivity index (χ4n) is 1.16. The summed E-state index contributed by atoms with van der Waals surface area (Å²) in [4.78, 5) is 16.0. The summed E-state index contributed by atoms with van der Waals surface area (Å²) >= 11 is 0. The van der Waals surface area contributed by atoms with Gasteiger partial charge < -0.3 is 9.47 Å². The molecular formula is C13H19NO4. The number of carbonyl (C=O) groups is 1. The van der Waals surface area contributed by atoms with Crippen molar-refractivity contribution >= 4 is 6.09 Å². The van der Waals surface area contributed by atoms with Crippen LogP contribution in [-0.4, -0.2) is 18.5 Å². The maximum atomic E-state index is 11.2. The van der Waals surface area contributed by atoms with Crippen molar-refractivity contribution in [3.8, 4) is 0 Å². The Bertz CT molecular complexity index is 359. The molecule has 1 aromatic carbocycles. The molecule has 18 heavy (non-hydrogen) atoms. The third-order valence-corrected chi connectivity index (χ3v) is 1.81. The van der Waals surface area contributed by atoms with Gasteiger partial charge >= 0.3 is 6.09 Å². The minimum atomic E-state index is -0.634. The van der Waals surface area contributed by atoms with Crippen molar-refractivity contribution in [1.82, 2.24) is 5.48 Å². The van der Waals surface area contributed by atoms with E-state index in [1.165, 1.54) is 0 Å². The van der Waals surface area contributed by atoms with E-state index in [0.29, 0.717) is 6.61 Å². The molecule has 0 heterocycles. The van der Waals surface area contributed by atoms with Crippen molar-refractivity contribution in [3.05, 3.63) is 35.9 Å². The monoisotopic (exact) mass is 253 g/mol. The van der Waals surface area contributed by atoms with E-state index < -0.39 is 11.7 Å². The van der Waals surface area contributed by atoms with Gasteiger partial charge in [-0.15, -0.1) is 0 Å². The van der Waals surface area contributed by atoms with E-state index in [1.807, 2.05) is 30.3 Å². The summed E-state index contributed by atoms with van der Waals surface area (Å²) in [6.45, 7) is 5.72. The number of benzene rings is 1. The number of hydrogen-bond acceptors (Lipinski definition) is 4. The SMILES string of the molecule is CC(C)(C)OC(=O)NOCOCc1ccccc1. The van der Waals surface area contributed by atoms with Gasteiger partial charge in [0.15, 0.2) is 6.79 Å². The van der Waals surface area contributed by atoms with Crippen molar-refractivity contribution in [3.63, 3.8) is 0 Å². The second-order valence-corrected chi connectivity index (χ2v) is 4.70. The molecule has 0 aliphatic carbocycles. The van der Waals surface area contributed by atoms with Gasteiger partial charge in [-0.05, 0) is 26.3 Å². The predicted molar refractivity (Wildman–Crippen MR) is 66.6 cm³/mol. The van der Waals surface area contributed by atoms with Crippen LogP contribution in [0.15, 0.2) is 30.3 Å². The highest BCUT2D eigenvalue weighted by molar-refractivity contribution is 5.66. The highest BCUT2D eigenvalue weighted by Gasteiger charge is 2.15. The molecule has 0 aromatic heterocycles. The Labute approximate surface area is 107 Å². The van der Waals surface area contributed by atoms with E-state index in [2.05, 4.69) is 5.48 Å². The minimum absolute atomic E-state index is 0.0336.